The van der Waals surface area contributed by atoms with Crippen LogP contribution in [-0.2, 0) is 16.4 Å². The third kappa shape index (κ3) is 5.28. The summed E-state index contributed by atoms with van der Waals surface area (Å²) in [5.41, 5.74) is 0.989. The van der Waals surface area contributed by atoms with Crippen LogP contribution in [0.3, 0.4) is 0 Å². The number of nitrogens with zero attached hydrogens (tertiary/aromatic N) is 1. The van der Waals surface area contributed by atoms with Crippen molar-refractivity contribution < 1.29 is 17.9 Å². The van der Waals surface area contributed by atoms with Crippen molar-refractivity contribution in [2.24, 2.45) is 4.99 Å². The van der Waals surface area contributed by atoms with Crippen LogP contribution in [-0.4, -0.2) is 52.2 Å². The minimum Gasteiger partial charge on any atom is -0.493 e. The summed E-state index contributed by atoms with van der Waals surface area (Å²) in [7, 11) is 0.401. The molecule has 27 heavy (non-hydrogen) atoms. The number of ether oxygens (including phenoxy) is 2. The molecule has 1 aromatic carbocycles. The van der Waals surface area contributed by atoms with Gasteiger partial charge in [0.15, 0.2) is 27.3 Å². The predicted molar refractivity (Wildman–Crippen MR) is 106 cm³/mol. The van der Waals surface area contributed by atoms with Gasteiger partial charge in [0, 0.05) is 25.2 Å². The first-order valence-electron chi connectivity index (χ1n) is 9.51. The number of hydrogen-bond donors (Lipinski definition) is 2. The third-order valence-corrected chi connectivity index (χ3v) is 6.88. The van der Waals surface area contributed by atoms with Gasteiger partial charge in [-0.25, -0.2) is 8.42 Å². The maximum absolute atomic E-state index is 11.6. The minimum atomic E-state index is -2.93. The molecule has 1 aliphatic carbocycles. The fourth-order valence-corrected chi connectivity index (χ4v) is 5.32. The zero-order valence-electron chi connectivity index (χ0n) is 16.0. The molecule has 0 aromatic heterocycles. The van der Waals surface area contributed by atoms with E-state index in [1.54, 1.807) is 14.2 Å². The molecule has 1 aromatic rings. The second-order valence-electron chi connectivity index (χ2n) is 7.14. The molecule has 1 atom stereocenters. The van der Waals surface area contributed by atoms with Gasteiger partial charge in [0.05, 0.1) is 24.7 Å². The Kier molecular flexibility index (Phi) is 6.46. The molecular weight excluding hydrogens is 366 g/mol. The number of rotatable bonds is 6. The molecule has 0 spiro atoms. The quantitative estimate of drug-likeness (QED) is 0.565. The normalized spacial score (nSPS) is 22.6. The van der Waals surface area contributed by atoms with Gasteiger partial charge < -0.3 is 20.1 Å². The zero-order valence-corrected chi connectivity index (χ0v) is 16.8. The third-order valence-electron chi connectivity index (χ3n) is 5.11. The van der Waals surface area contributed by atoms with Crippen LogP contribution in [0.4, 0.5) is 0 Å². The van der Waals surface area contributed by atoms with Crippen LogP contribution in [0.1, 0.15) is 37.7 Å². The smallest absolute Gasteiger partial charge is 0.191 e. The van der Waals surface area contributed by atoms with Crippen LogP contribution in [0.15, 0.2) is 23.2 Å². The molecule has 1 saturated heterocycles. The van der Waals surface area contributed by atoms with Gasteiger partial charge >= 0.3 is 0 Å². The lowest BCUT2D eigenvalue weighted by atomic mass is 10.1. The van der Waals surface area contributed by atoms with Crippen molar-refractivity contribution in [2.45, 2.75) is 50.8 Å². The van der Waals surface area contributed by atoms with E-state index in [9.17, 15) is 8.42 Å². The summed E-state index contributed by atoms with van der Waals surface area (Å²) in [5, 5.41) is 6.47. The summed E-state index contributed by atoms with van der Waals surface area (Å²) < 4.78 is 35.0. The van der Waals surface area contributed by atoms with E-state index in [4.69, 9.17) is 9.47 Å². The van der Waals surface area contributed by atoms with E-state index in [-0.39, 0.29) is 23.7 Å². The van der Waals surface area contributed by atoms with E-state index < -0.39 is 9.84 Å². The molecule has 1 unspecified atom stereocenters. The van der Waals surface area contributed by atoms with Crippen LogP contribution in [0.25, 0.3) is 0 Å². The molecule has 0 amide bonds. The van der Waals surface area contributed by atoms with Crippen molar-refractivity contribution >= 4 is 15.8 Å². The first kappa shape index (κ1) is 19.8. The molecule has 2 aliphatic rings. The number of aliphatic imine (C=N–C) groups is 1. The molecule has 3 rings (SSSR count). The standard InChI is InChI=1S/C19H29N3O4S/c1-20-19(22-15-10-11-27(23,24)13-15)21-12-14-6-5-9-17(25-2)18(14)26-16-7-3-4-8-16/h5-6,9,15-16H,3-4,7-8,10-13H2,1-2H3,(H2,20,21,22). The number of para-hydroxylation sites is 1. The molecule has 0 radical (unpaired) electrons. The Morgan fingerprint density at radius 2 is 2.04 bits per heavy atom. The summed E-state index contributed by atoms with van der Waals surface area (Å²) in [6, 6.07) is 5.76. The van der Waals surface area contributed by atoms with Gasteiger partial charge in [0.25, 0.3) is 0 Å². The maximum atomic E-state index is 11.6. The number of methoxy groups -OCH3 is 1. The van der Waals surface area contributed by atoms with E-state index in [1.807, 2.05) is 18.2 Å². The van der Waals surface area contributed by atoms with Gasteiger partial charge in [-0.15, -0.1) is 0 Å². The van der Waals surface area contributed by atoms with Crippen molar-refractivity contribution in [1.82, 2.24) is 10.6 Å². The highest BCUT2D eigenvalue weighted by Gasteiger charge is 2.28. The average molecular weight is 396 g/mol. The van der Waals surface area contributed by atoms with Crippen LogP contribution < -0.4 is 20.1 Å². The van der Waals surface area contributed by atoms with E-state index in [0.717, 1.165) is 29.9 Å². The van der Waals surface area contributed by atoms with E-state index in [2.05, 4.69) is 15.6 Å². The van der Waals surface area contributed by atoms with Gasteiger partial charge in [0.2, 0.25) is 0 Å². The van der Waals surface area contributed by atoms with Crippen molar-refractivity contribution in [3.05, 3.63) is 23.8 Å². The van der Waals surface area contributed by atoms with Crippen molar-refractivity contribution in [2.75, 3.05) is 25.7 Å². The Morgan fingerprint density at radius 1 is 1.26 bits per heavy atom. The Hall–Kier alpha value is -1.96. The lowest BCUT2D eigenvalue weighted by Crippen LogP contribution is -2.43. The highest BCUT2D eigenvalue weighted by atomic mass is 32.2. The molecular formula is C19H29N3O4S. The van der Waals surface area contributed by atoms with Crippen LogP contribution in [0.2, 0.25) is 0 Å². The predicted octanol–water partition coefficient (Wildman–Crippen LogP) is 1.87. The van der Waals surface area contributed by atoms with Crippen molar-refractivity contribution in [3.63, 3.8) is 0 Å². The van der Waals surface area contributed by atoms with Crippen LogP contribution in [0, 0.1) is 0 Å². The number of hydrogen-bond acceptors (Lipinski definition) is 5. The molecule has 7 nitrogen and oxygen atoms in total. The highest BCUT2D eigenvalue weighted by molar-refractivity contribution is 7.91. The highest BCUT2D eigenvalue weighted by Crippen LogP contribution is 2.34. The molecule has 2 N–H and O–H groups in total. The van der Waals surface area contributed by atoms with Crippen LogP contribution in [0.5, 0.6) is 11.5 Å². The second-order valence-corrected chi connectivity index (χ2v) is 9.37. The number of benzene rings is 1. The molecule has 150 valence electrons. The summed E-state index contributed by atoms with van der Waals surface area (Å²) in [6.07, 6.45) is 5.40. The monoisotopic (exact) mass is 395 g/mol. The second kappa shape index (κ2) is 8.82. The van der Waals surface area contributed by atoms with Gasteiger partial charge in [-0.1, -0.05) is 12.1 Å². The summed E-state index contributed by atoms with van der Waals surface area (Å²) in [4.78, 5) is 4.22. The van der Waals surface area contributed by atoms with E-state index >= 15 is 0 Å². The largest absolute Gasteiger partial charge is 0.493 e. The number of nitrogens with one attached hydrogen (secondary N) is 2. The first-order chi connectivity index (χ1) is 13.0. The Morgan fingerprint density at radius 3 is 2.67 bits per heavy atom. The van der Waals surface area contributed by atoms with Crippen LogP contribution >= 0.6 is 0 Å². The maximum Gasteiger partial charge on any atom is 0.191 e. The first-order valence-corrected chi connectivity index (χ1v) is 11.3. The Bertz CT molecular complexity index is 773. The van der Waals surface area contributed by atoms with Crippen molar-refractivity contribution in [1.29, 1.82) is 0 Å². The lowest BCUT2D eigenvalue weighted by molar-refractivity contribution is 0.198. The molecule has 1 saturated carbocycles. The van der Waals surface area contributed by atoms with Gasteiger partial charge in [-0.2, -0.15) is 0 Å². The Labute approximate surface area is 161 Å². The Balaban J connectivity index is 1.65. The molecule has 1 aliphatic heterocycles. The van der Waals surface area contributed by atoms with Gasteiger partial charge in [0.1, 0.15) is 0 Å². The molecule has 1 heterocycles. The summed E-state index contributed by atoms with van der Waals surface area (Å²) >= 11 is 0. The summed E-state index contributed by atoms with van der Waals surface area (Å²) in [5.74, 6) is 2.48. The zero-order chi connectivity index (χ0) is 19.3. The number of guanidine groups is 1. The summed E-state index contributed by atoms with van der Waals surface area (Å²) in [6.45, 7) is 0.512. The molecule has 8 heteroatoms. The topological polar surface area (TPSA) is 89.0 Å². The molecule has 0 bridgehead atoms. The minimum absolute atomic E-state index is 0.0966. The van der Waals surface area contributed by atoms with E-state index in [1.165, 1.54) is 12.8 Å². The SMILES string of the molecule is CN=C(NCc1cccc(OC)c1OC1CCCC1)NC1CCS(=O)(=O)C1. The fraction of sp³-hybridized carbons (Fsp3) is 0.632. The lowest BCUT2D eigenvalue weighted by Gasteiger charge is -2.21. The van der Waals surface area contributed by atoms with Gasteiger partial charge in [-0.3, -0.25) is 4.99 Å². The van der Waals surface area contributed by atoms with Gasteiger partial charge in [-0.05, 0) is 38.2 Å². The molecule has 2 fully saturated rings. The fourth-order valence-electron chi connectivity index (χ4n) is 3.64. The average Bonchev–Trinajstić information content (AvgIpc) is 3.28. The van der Waals surface area contributed by atoms with E-state index in [0.29, 0.717) is 18.9 Å². The number of sulfone groups is 1. The van der Waals surface area contributed by atoms with Crippen molar-refractivity contribution in [3.8, 4) is 11.5 Å².